The first kappa shape index (κ1) is 14.7. The van der Waals surface area contributed by atoms with Crippen LogP contribution in [0.4, 0.5) is 5.82 Å². The third kappa shape index (κ3) is 2.88. The number of thioether (sulfide) groups is 1. The van der Waals surface area contributed by atoms with Crippen molar-refractivity contribution in [1.82, 2.24) is 9.78 Å². The van der Waals surface area contributed by atoms with E-state index >= 15 is 0 Å². The molecule has 22 heavy (non-hydrogen) atoms. The predicted octanol–water partition coefficient (Wildman–Crippen LogP) is 4.41. The van der Waals surface area contributed by atoms with Gasteiger partial charge in [0.25, 0.3) is 0 Å². The standard InChI is InChI=1S/C18H19N3S/c1-3-13-4-8-15(9-5-13)21-17(12-18(19)20-21)14-6-10-16(22-2)11-7-14/h4-12H,3H2,1-2H3,(H2,19,20). The first-order valence-electron chi connectivity index (χ1n) is 7.30. The van der Waals surface area contributed by atoms with Crippen molar-refractivity contribution in [2.24, 2.45) is 0 Å². The van der Waals surface area contributed by atoms with Gasteiger partial charge in [-0.3, -0.25) is 0 Å². The number of rotatable bonds is 4. The van der Waals surface area contributed by atoms with Crippen LogP contribution in [0.3, 0.4) is 0 Å². The monoisotopic (exact) mass is 309 g/mol. The van der Waals surface area contributed by atoms with Crippen LogP contribution in [-0.4, -0.2) is 16.0 Å². The Morgan fingerprint density at radius 3 is 2.32 bits per heavy atom. The lowest BCUT2D eigenvalue weighted by Gasteiger charge is -2.08. The number of hydrogen-bond acceptors (Lipinski definition) is 3. The molecule has 2 aromatic carbocycles. The SMILES string of the molecule is CCc1ccc(-n2nc(N)cc2-c2ccc(SC)cc2)cc1. The second-order valence-electron chi connectivity index (χ2n) is 5.11. The van der Waals surface area contributed by atoms with Gasteiger partial charge in [-0.1, -0.05) is 31.2 Å². The molecule has 0 spiro atoms. The number of nitrogens with zero attached hydrogens (tertiary/aromatic N) is 2. The molecule has 3 rings (SSSR count). The van der Waals surface area contributed by atoms with Gasteiger partial charge in [0.15, 0.2) is 0 Å². The maximum Gasteiger partial charge on any atom is 0.146 e. The van der Waals surface area contributed by atoms with E-state index in [4.69, 9.17) is 5.73 Å². The van der Waals surface area contributed by atoms with Crippen LogP contribution in [0.5, 0.6) is 0 Å². The van der Waals surface area contributed by atoms with Gasteiger partial charge in [0, 0.05) is 16.5 Å². The van der Waals surface area contributed by atoms with Crippen molar-refractivity contribution in [3.63, 3.8) is 0 Å². The van der Waals surface area contributed by atoms with Gasteiger partial charge >= 0.3 is 0 Å². The van der Waals surface area contributed by atoms with Crippen molar-refractivity contribution < 1.29 is 0 Å². The number of benzene rings is 2. The van der Waals surface area contributed by atoms with Crippen molar-refractivity contribution in [1.29, 1.82) is 0 Å². The molecule has 0 saturated carbocycles. The molecule has 3 aromatic rings. The topological polar surface area (TPSA) is 43.8 Å². The minimum absolute atomic E-state index is 0.531. The quantitative estimate of drug-likeness (QED) is 0.726. The Balaban J connectivity index is 2.04. The molecule has 0 amide bonds. The van der Waals surface area contributed by atoms with Gasteiger partial charge in [0.05, 0.1) is 11.4 Å². The number of aryl methyl sites for hydroxylation is 1. The zero-order valence-electron chi connectivity index (χ0n) is 12.8. The molecule has 0 radical (unpaired) electrons. The molecular weight excluding hydrogens is 290 g/mol. The molecule has 0 unspecified atom stereocenters. The third-order valence-corrected chi connectivity index (χ3v) is 4.45. The van der Waals surface area contributed by atoms with Crippen LogP contribution >= 0.6 is 11.8 Å². The summed E-state index contributed by atoms with van der Waals surface area (Å²) in [4.78, 5) is 1.25. The minimum atomic E-state index is 0.531. The molecule has 4 heteroatoms. The van der Waals surface area contributed by atoms with Gasteiger partial charge in [-0.05, 0) is 42.5 Å². The normalized spacial score (nSPS) is 10.8. The maximum absolute atomic E-state index is 5.93. The van der Waals surface area contributed by atoms with Gasteiger partial charge in [-0.15, -0.1) is 11.8 Å². The van der Waals surface area contributed by atoms with Crippen molar-refractivity contribution in [3.05, 3.63) is 60.2 Å². The van der Waals surface area contributed by atoms with Gasteiger partial charge in [-0.2, -0.15) is 5.10 Å². The highest BCUT2D eigenvalue weighted by atomic mass is 32.2. The van der Waals surface area contributed by atoms with Crippen molar-refractivity contribution in [2.75, 3.05) is 12.0 Å². The molecule has 0 aliphatic carbocycles. The van der Waals surface area contributed by atoms with Gasteiger partial charge in [0.1, 0.15) is 5.82 Å². The van der Waals surface area contributed by atoms with Crippen molar-refractivity contribution in [3.8, 4) is 16.9 Å². The molecule has 0 atom stereocenters. The molecule has 1 heterocycles. The van der Waals surface area contributed by atoms with Crippen LogP contribution in [0.15, 0.2) is 59.5 Å². The summed E-state index contributed by atoms with van der Waals surface area (Å²) in [5.41, 5.74) is 10.4. The molecule has 1 aromatic heterocycles. The Bertz CT molecular complexity index is 693. The highest BCUT2D eigenvalue weighted by Gasteiger charge is 2.10. The molecule has 0 aliphatic rings. The Morgan fingerprint density at radius 1 is 1.05 bits per heavy atom. The summed E-state index contributed by atoms with van der Waals surface area (Å²) in [6.45, 7) is 2.15. The van der Waals surface area contributed by atoms with Gasteiger partial charge in [-0.25, -0.2) is 4.68 Å². The zero-order chi connectivity index (χ0) is 15.5. The molecule has 0 fully saturated rings. The highest BCUT2D eigenvalue weighted by molar-refractivity contribution is 7.98. The lowest BCUT2D eigenvalue weighted by atomic mass is 10.1. The summed E-state index contributed by atoms with van der Waals surface area (Å²) in [5.74, 6) is 0.531. The van der Waals surface area contributed by atoms with E-state index in [0.717, 1.165) is 23.4 Å². The van der Waals surface area contributed by atoms with E-state index in [1.165, 1.54) is 10.5 Å². The predicted molar refractivity (Wildman–Crippen MR) is 94.6 cm³/mol. The van der Waals surface area contributed by atoms with E-state index < -0.39 is 0 Å². The Morgan fingerprint density at radius 2 is 1.73 bits per heavy atom. The highest BCUT2D eigenvalue weighted by Crippen LogP contribution is 2.27. The first-order chi connectivity index (χ1) is 10.7. The fourth-order valence-corrected chi connectivity index (χ4v) is 2.84. The van der Waals surface area contributed by atoms with E-state index in [9.17, 15) is 0 Å². The van der Waals surface area contributed by atoms with Crippen LogP contribution < -0.4 is 5.73 Å². The summed E-state index contributed by atoms with van der Waals surface area (Å²) in [6.07, 6.45) is 3.11. The second-order valence-corrected chi connectivity index (χ2v) is 5.99. The molecule has 112 valence electrons. The average Bonchev–Trinajstić information content (AvgIpc) is 2.97. The van der Waals surface area contributed by atoms with E-state index in [1.54, 1.807) is 11.8 Å². The summed E-state index contributed by atoms with van der Waals surface area (Å²) >= 11 is 1.74. The van der Waals surface area contributed by atoms with Crippen LogP contribution in [0.2, 0.25) is 0 Å². The molecule has 0 aliphatic heterocycles. The lowest BCUT2D eigenvalue weighted by Crippen LogP contribution is -2.00. The minimum Gasteiger partial charge on any atom is -0.382 e. The Labute approximate surface area is 135 Å². The number of aromatic nitrogens is 2. The van der Waals surface area contributed by atoms with Crippen LogP contribution in [0, 0.1) is 0 Å². The third-order valence-electron chi connectivity index (χ3n) is 3.70. The Kier molecular flexibility index (Phi) is 4.20. The molecule has 2 N–H and O–H groups in total. The largest absolute Gasteiger partial charge is 0.382 e. The lowest BCUT2D eigenvalue weighted by molar-refractivity contribution is 0.892. The fraction of sp³-hybridized carbons (Fsp3) is 0.167. The summed E-state index contributed by atoms with van der Waals surface area (Å²) in [6, 6.07) is 18.8. The van der Waals surface area contributed by atoms with E-state index in [-0.39, 0.29) is 0 Å². The van der Waals surface area contributed by atoms with Crippen LogP contribution in [-0.2, 0) is 6.42 Å². The van der Waals surface area contributed by atoms with Crippen molar-refractivity contribution >= 4 is 17.6 Å². The average molecular weight is 309 g/mol. The summed E-state index contributed by atoms with van der Waals surface area (Å²) in [7, 11) is 0. The molecule has 3 nitrogen and oxygen atoms in total. The van der Waals surface area contributed by atoms with Crippen LogP contribution in [0.1, 0.15) is 12.5 Å². The van der Waals surface area contributed by atoms with E-state index in [2.05, 4.69) is 66.8 Å². The number of nitrogen functional groups attached to an aromatic ring is 1. The fourth-order valence-electron chi connectivity index (χ4n) is 2.44. The smallest absolute Gasteiger partial charge is 0.146 e. The van der Waals surface area contributed by atoms with Gasteiger partial charge in [0.2, 0.25) is 0 Å². The van der Waals surface area contributed by atoms with E-state index in [1.807, 2.05) is 10.7 Å². The summed E-state index contributed by atoms with van der Waals surface area (Å²) < 4.78 is 1.91. The first-order valence-corrected chi connectivity index (χ1v) is 8.53. The van der Waals surface area contributed by atoms with Gasteiger partial charge < -0.3 is 5.73 Å². The molecular formula is C18H19N3S. The number of anilines is 1. The van der Waals surface area contributed by atoms with Crippen LogP contribution in [0.25, 0.3) is 16.9 Å². The molecule has 0 bridgehead atoms. The zero-order valence-corrected chi connectivity index (χ0v) is 13.6. The Hall–Kier alpha value is -2.20. The number of nitrogens with two attached hydrogens (primary N) is 1. The maximum atomic E-state index is 5.93. The second kappa shape index (κ2) is 6.28. The van der Waals surface area contributed by atoms with Crippen molar-refractivity contribution in [2.45, 2.75) is 18.2 Å². The summed E-state index contributed by atoms with van der Waals surface area (Å²) in [5, 5.41) is 4.44. The molecule has 0 saturated heterocycles. The number of hydrogen-bond donors (Lipinski definition) is 1. The van der Waals surface area contributed by atoms with E-state index in [0.29, 0.717) is 5.82 Å².